The van der Waals surface area contributed by atoms with Crippen molar-refractivity contribution in [3.05, 3.63) is 41.7 Å². The van der Waals surface area contributed by atoms with Crippen LogP contribution in [0.3, 0.4) is 0 Å². The fourth-order valence-corrected chi connectivity index (χ4v) is 3.10. The third-order valence-electron chi connectivity index (χ3n) is 3.22. The van der Waals surface area contributed by atoms with Crippen LogP contribution < -0.4 is 5.32 Å². The minimum Gasteiger partial charge on any atom is -0.296 e. The molecule has 1 aromatic carbocycles. The summed E-state index contributed by atoms with van der Waals surface area (Å²) in [6.07, 6.45) is 0.694. The Bertz CT molecular complexity index is 604. The first kappa shape index (κ1) is 15.5. The van der Waals surface area contributed by atoms with Crippen LogP contribution in [0.4, 0.5) is 0 Å². The molecule has 0 amide bonds. The normalized spacial score (nSPS) is 13.6. The Morgan fingerprint density at radius 1 is 1.38 bits per heavy atom. The molecule has 0 aliphatic carbocycles. The van der Waals surface area contributed by atoms with Gasteiger partial charge in [0.15, 0.2) is 0 Å². The first-order valence-electron chi connectivity index (χ1n) is 6.94. The van der Waals surface area contributed by atoms with Crippen LogP contribution in [0.1, 0.15) is 24.7 Å². The van der Waals surface area contributed by atoms with E-state index >= 15 is 0 Å². The van der Waals surface area contributed by atoms with Gasteiger partial charge in [-0.3, -0.25) is 10.4 Å². The van der Waals surface area contributed by atoms with Gasteiger partial charge in [-0.25, -0.2) is 4.98 Å². The summed E-state index contributed by atoms with van der Waals surface area (Å²) in [5, 5.41) is 20.7. The molecule has 1 atom stereocenters. The molecular formula is C15H19N5S. The van der Waals surface area contributed by atoms with Crippen LogP contribution in [0.25, 0.3) is 0 Å². The van der Waals surface area contributed by atoms with Crippen LogP contribution in [0.5, 0.6) is 0 Å². The summed E-state index contributed by atoms with van der Waals surface area (Å²) in [5.41, 5.74) is 0.343. The Kier molecular flexibility index (Phi) is 5.37. The average Bonchev–Trinajstić information content (AvgIpc) is 2.93. The maximum atomic E-state index is 9.70. The van der Waals surface area contributed by atoms with E-state index in [1.807, 2.05) is 44.2 Å². The number of aromatic nitrogens is 3. The van der Waals surface area contributed by atoms with Crippen molar-refractivity contribution in [3.8, 4) is 6.07 Å². The van der Waals surface area contributed by atoms with E-state index < -0.39 is 5.54 Å². The van der Waals surface area contributed by atoms with Crippen LogP contribution in [0, 0.1) is 18.3 Å². The number of nitrogens with one attached hydrogen (secondary N) is 2. The predicted octanol–water partition coefficient (Wildman–Crippen LogP) is 2.62. The van der Waals surface area contributed by atoms with E-state index in [9.17, 15) is 5.26 Å². The monoisotopic (exact) mass is 301 g/mol. The molecule has 0 saturated heterocycles. The molecule has 1 aromatic heterocycles. The number of aromatic amines is 1. The highest BCUT2D eigenvalue weighted by molar-refractivity contribution is 7.99. The fraction of sp³-hybridized carbons (Fsp3) is 0.400. The van der Waals surface area contributed by atoms with Gasteiger partial charge in [0.1, 0.15) is 11.4 Å². The average molecular weight is 301 g/mol. The van der Waals surface area contributed by atoms with E-state index in [-0.39, 0.29) is 0 Å². The molecule has 6 heteroatoms. The van der Waals surface area contributed by atoms with Gasteiger partial charge in [0.2, 0.25) is 5.16 Å². The second kappa shape index (κ2) is 7.25. The lowest BCUT2D eigenvalue weighted by atomic mass is 9.88. The third-order valence-corrected chi connectivity index (χ3v) is 4.07. The van der Waals surface area contributed by atoms with Crippen LogP contribution in [-0.2, 0) is 5.54 Å². The fourth-order valence-electron chi connectivity index (χ4n) is 2.20. The van der Waals surface area contributed by atoms with Crippen molar-refractivity contribution in [1.82, 2.24) is 20.5 Å². The molecule has 0 spiro atoms. The minimum absolute atomic E-state index is 0.658. The lowest BCUT2D eigenvalue weighted by molar-refractivity contribution is 0.428. The van der Waals surface area contributed by atoms with Crippen LogP contribution in [0.2, 0.25) is 0 Å². The molecule has 1 heterocycles. The maximum Gasteiger partial charge on any atom is 0.208 e. The maximum absolute atomic E-state index is 9.70. The van der Waals surface area contributed by atoms with Crippen molar-refractivity contribution < 1.29 is 0 Å². The Morgan fingerprint density at radius 3 is 2.71 bits per heavy atom. The Balaban J connectivity index is 2.08. The molecule has 110 valence electrons. The summed E-state index contributed by atoms with van der Waals surface area (Å²) in [4.78, 5) is 4.27. The molecule has 0 aliphatic rings. The van der Waals surface area contributed by atoms with E-state index in [0.717, 1.165) is 28.8 Å². The largest absolute Gasteiger partial charge is 0.296 e. The molecule has 2 N–H and O–H groups in total. The number of nitriles is 1. The predicted molar refractivity (Wildman–Crippen MR) is 83.9 cm³/mol. The van der Waals surface area contributed by atoms with Gasteiger partial charge in [0.05, 0.1) is 6.07 Å². The Morgan fingerprint density at radius 2 is 2.14 bits per heavy atom. The number of aryl methyl sites for hydroxylation is 1. The number of H-pyrrole nitrogens is 1. The van der Waals surface area contributed by atoms with Crippen LogP contribution in [0.15, 0.2) is 35.5 Å². The van der Waals surface area contributed by atoms with Crippen LogP contribution in [-0.4, -0.2) is 27.5 Å². The minimum atomic E-state index is -0.658. The molecule has 0 bridgehead atoms. The van der Waals surface area contributed by atoms with Crippen molar-refractivity contribution in [1.29, 1.82) is 5.26 Å². The molecule has 0 aliphatic heterocycles. The molecule has 0 saturated carbocycles. The van der Waals surface area contributed by atoms with Crippen LogP contribution >= 0.6 is 11.8 Å². The highest BCUT2D eigenvalue weighted by Gasteiger charge is 2.30. The van der Waals surface area contributed by atoms with Gasteiger partial charge in [-0.15, -0.1) is 5.10 Å². The van der Waals surface area contributed by atoms with Gasteiger partial charge in [0.25, 0.3) is 0 Å². The Labute approximate surface area is 129 Å². The van der Waals surface area contributed by atoms with E-state index in [1.54, 1.807) is 11.8 Å². The summed E-state index contributed by atoms with van der Waals surface area (Å²) in [7, 11) is 0. The number of benzene rings is 1. The Hall–Kier alpha value is -1.84. The molecule has 21 heavy (non-hydrogen) atoms. The summed E-state index contributed by atoms with van der Waals surface area (Å²) < 4.78 is 0. The molecule has 2 aromatic rings. The smallest absolute Gasteiger partial charge is 0.208 e. The van der Waals surface area contributed by atoms with Gasteiger partial charge in [-0.2, -0.15) is 5.26 Å². The summed E-state index contributed by atoms with van der Waals surface area (Å²) in [6, 6.07) is 12.3. The number of nitrogens with zero attached hydrogens (tertiary/aromatic N) is 3. The topological polar surface area (TPSA) is 77.4 Å². The zero-order chi connectivity index (χ0) is 15.1. The van der Waals surface area contributed by atoms with Gasteiger partial charge in [-0.1, -0.05) is 49.0 Å². The zero-order valence-corrected chi connectivity index (χ0v) is 13.1. The van der Waals surface area contributed by atoms with E-state index in [2.05, 4.69) is 26.6 Å². The third kappa shape index (κ3) is 3.84. The SMILES string of the molecule is CCNC(C#N)(CCSc1n[nH]c(C)n1)c1ccccc1. The van der Waals surface area contributed by atoms with Gasteiger partial charge >= 0.3 is 0 Å². The van der Waals surface area contributed by atoms with Gasteiger partial charge < -0.3 is 0 Å². The molecule has 0 radical (unpaired) electrons. The lowest BCUT2D eigenvalue weighted by Gasteiger charge is -2.27. The molecule has 1 unspecified atom stereocenters. The lowest BCUT2D eigenvalue weighted by Crippen LogP contribution is -2.41. The second-order valence-electron chi connectivity index (χ2n) is 4.72. The highest BCUT2D eigenvalue weighted by atomic mass is 32.2. The zero-order valence-electron chi connectivity index (χ0n) is 12.3. The summed E-state index contributed by atoms with van der Waals surface area (Å²) >= 11 is 1.56. The summed E-state index contributed by atoms with van der Waals surface area (Å²) in [6.45, 7) is 4.63. The second-order valence-corrected chi connectivity index (χ2v) is 5.78. The molecular weight excluding hydrogens is 282 g/mol. The van der Waals surface area contributed by atoms with Gasteiger partial charge in [-0.05, 0) is 25.5 Å². The van der Waals surface area contributed by atoms with Crippen molar-refractivity contribution in [2.45, 2.75) is 31.0 Å². The molecule has 2 rings (SSSR count). The van der Waals surface area contributed by atoms with E-state index in [0.29, 0.717) is 6.42 Å². The molecule has 0 fully saturated rings. The summed E-state index contributed by atoms with van der Waals surface area (Å²) in [5.74, 6) is 1.58. The first-order valence-corrected chi connectivity index (χ1v) is 7.92. The number of thioether (sulfide) groups is 1. The van der Waals surface area contributed by atoms with E-state index in [1.165, 1.54) is 0 Å². The van der Waals surface area contributed by atoms with Crippen molar-refractivity contribution in [2.24, 2.45) is 0 Å². The standard InChI is InChI=1S/C15H19N5S/c1-3-17-15(11-16,13-7-5-4-6-8-13)9-10-21-14-18-12(2)19-20-14/h4-8,17H,3,9-10H2,1-2H3,(H,18,19,20). The van der Waals surface area contributed by atoms with E-state index in [4.69, 9.17) is 0 Å². The number of hydrogen-bond acceptors (Lipinski definition) is 5. The van der Waals surface area contributed by atoms with Gasteiger partial charge in [0, 0.05) is 5.75 Å². The van der Waals surface area contributed by atoms with Crippen molar-refractivity contribution >= 4 is 11.8 Å². The quantitative estimate of drug-likeness (QED) is 0.769. The van der Waals surface area contributed by atoms with Crippen molar-refractivity contribution in [3.63, 3.8) is 0 Å². The first-order chi connectivity index (χ1) is 10.2. The molecule has 5 nitrogen and oxygen atoms in total. The highest BCUT2D eigenvalue weighted by Crippen LogP contribution is 2.27. The number of hydrogen-bond donors (Lipinski definition) is 2. The van der Waals surface area contributed by atoms with Crippen molar-refractivity contribution in [2.75, 3.05) is 12.3 Å². The number of rotatable bonds is 7.